The van der Waals surface area contributed by atoms with Gasteiger partial charge in [-0.2, -0.15) is 4.98 Å². The maximum atomic E-state index is 13.5. The Balaban J connectivity index is 2.18. The lowest BCUT2D eigenvalue weighted by Gasteiger charge is -2.12. The average molecular weight is 268 g/mol. The van der Waals surface area contributed by atoms with Crippen molar-refractivity contribution >= 4 is 23.1 Å². The summed E-state index contributed by atoms with van der Waals surface area (Å²) < 4.78 is 13.5. The van der Waals surface area contributed by atoms with Crippen LogP contribution in [0.4, 0.5) is 16.2 Å². The van der Waals surface area contributed by atoms with Gasteiger partial charge in [0.15, 0.2) is 11.6 Å². The van der Waals surface area contributed by atoms with Gasteiger partial charge in [-0.05, 0) is 13.8 Å². The highest BCUT2D eigenvalue weighted by molar-refractivity contribution is 7.09. The molecule has 2 aromatic rings. The van der Waals surface area contributed by atoms with Crippen LogP contribution in [0.5, 0.6) is 0 Å². The van der Waals surface area contributed by atoms with Crippen LogP contribution >= 0.6 is 11.3 Å². The molecule has 6 nitrogen and oxygen atoms in total. The summed E-state index contributed by atoms with van der Waals surface area (Å²) in [6.07, 6.45) is 1.06. The van der Waals surface area contributed by atoms with Gasteiger partial charge in [-0.3, -0.25) is 5.43 Å². The fraction of sp³-hybridized carbons (Fsp3) is 0.300. The summed E-state index contributed by atoms with van der Waals surface area (Å²) in [6, 6.07) is -0.140. The molecule has 0 aliphatic carbocycles. The van der Waals surface area contributed by atoms with E-state index < -0.39 is 5.82 Å². The summed E-state index contributed by atoms with van der Waals surface area (Å²) >= 11 is 1.51. The summed E-state index contributed by atoms with van der Waals surface area (Å²) in [5, 5.41) is 5.75. The molecule has 2 rings (SSSR count). The minimum Gasteiger partial charge on any atom is -0.359 e. The Bertz CT molecular complexity index is 543. The minimum absolute atomic E-state index is 0.0957. The van der Waals surface area contributed by atoms with Gasteiger partial charge in [-0.15, -0.1) is 11.3 Å². The van der Waals surface area contributed by atoms with Crippen LogP contribution in [0.25, 0.3) is 0 Å². The van der Waals surface area contributed by atoms with Crippen molar-refractivity contribution in [3.8, 4) is 0 Å². The van der Waals surface area contributed by atoms with E-state index >= 15 is 0 Å². The Hall–Kier alpha value is -1.80. The Morgan fingerprint density at radius 2 is 2.22 bits per heavy atom. The van der Waals surface area contributed by atoms with Crippen molar-refractivity contribution in [1.29, 1.82) is 0 Å². The lowest BCUT2D eigenvalue weighted by molar-refractivity contribution is 0.614. The zero-order valence-electron chi connectivity index (χ0n) is 9.94. The van der Waals surface area contributed by atoms with Crippen molar-refractivity contribution in [3.05, 3.63) is 28.1 Å². The molecule has 0 fully saturated rings. The lowest BCUT2D eigenvalue weighted by Crippen LogP contribution is -2.14. The monoisotopic (exact) mass is 268 g/mol. The smallest absolute Gasteiger partial charge is 0.239 e. The largest absolute Gasteiger partial charge is 0.359 e. The molecule has 0 saturated heterocycles. The SMILES string of the molecule is Cc1csc(C(C)Nc2nc(NN)ncc2F)n1. The van der Waals surface area contributed by atoms with Crippen LogP contribution in [-0.4, -0.2) is 15.0 Å². The zero-order chi connectivity index (χ0) is 13.1. The molecule has 1 atom stereocenters. The van der Waals surface area contributed by atoms with Crippen molar-refractivity contribution < 1.29 is 4.39 Å². The maximum absolute atomic E-state index is 13.5. The Kier molecular flexibility index (Phi) is 3.68. The summed E-state index contributed by atoms with van der Waals surface area (Å²) in [5.41, 5.74) is 3.21. The predicted molar refractivity (Wildman–Crippen MR) is 68.7 cm³/mol. The molecule has 0 radical (unpaired) electrons. The Labute approximate surface area is 107 Å². The summed E-state index contributed by atoms with van der Waals surface area (Å²) in [5.74, 6) is 4.90. The van der Waals surface area contributed by atoms with Gasteiger partial charge in [-0.1, -0.05) is 0 Å². The highest BCUT2D eigenvalue weighted by Crippen LogP contribution is 2.22. The number of nitrogens with zero attached hydrogens (tertiary/aromatic N) is 3. The van der Waals surface area contributed by atoms with Gasteiger partial charge in [0.1, 0.15) is 5.01 Å². The first kappa shape index (κ1) is 12.7. The maximum Gasteiger partial charge on any atom is 0.239 e. The minimum atomic E-state index is -0.533. The summed E-state index contributed by atoms with van der Waals surface area (Å²) in [6.45, 7) is 3.80. The standard InChI is InChI=1S/C10H13FN6S/c1-5-4-18-9(14-5)6(2)15-8-7(11)3-13-10(16-8)17-12/h3-4,6H,12H2,1-2H3,(H2,13,15,16,17). The number of rotatable bonds is 4. The number of halogens is 1. The molecular weight excluding hydrogens is 255 g/mol. The fourth-order valence-electron chi connectivity index (χ4n) is 1.38. The van der Waals surface area contributed by atoms with E-state index in [4.69, 9.17) is 5.84 Å². The van der Waals surface area contributed by atoms with E-state index in [1.54, 1.807) is 0 Å². The molecule has 0 bridgehead atoms. The number of aryl methyl sites for hydroxylation is 1. The van der Waals surface area contributed by atoms with Crippen molar-refractivity contribution in [2.75, 3.05) is 10.7 Å². The van der Waals surface area contributed by atoms with Gasteiger partial charge in [0.2, 0.25) is 5.95 Å². The molecule has 2 aromatic heterocycles. The first-order chi connectivity index (χ1) is 8.60. The molecule has 4 N–H and O–H groups in total. The van der Waals surface area contributed by atoms with Gasteiger partial charge in [-0.25, -0.2) is 20.2 Å². The normalized spacial score (nSPS) is 12.2. The molecule has 0 aliphatic rings. The number of thiazole rings is 1. The number of anilines is 2. The van der Waals surface area contributed by atoms with Crippen molar-refractivity contribution in [2.24, 2.45) is 5.84 Å². The predicted octanol–water partition coefficient (Wildman–Crippen LogP) is 1.84. The van der Waals surface area contributed by atoms with Gasteiger partial charge in [0, 0.05) is 11.1 Å². The number of hydrogen-bond donors (Lipinski definition) is 3. The van der Waals surface area contributed by atoms with Crippen LogP contribution in [0, 0.1) is 12.7 Å². The van der Waals surface area contributed by atoms with E-state index in [0.29, 0.717) is 0 Å². The first-order valence-electron chi connectivity index (χ1n) is 5.28. The van der Waals surface area contributed by atoms with Gasteiger partial charge in [0.05, 0.1) is 12.2 Å². The zero-order valence-corrected chi connectivity index (χ0v) is 10.8. The van der Waals surface area contributed by atoms with Crippen LogP contribution in [0.2, 0.25) is 0 Å². The number of nitrogens with one attached hydrogen (secondary N) is 2. The number of hydrogen-bond acceptors (Lipinski definition) is 7. The van der Waals surface area contributed by atoms with Gasteiger partial charge < -0.3 is 5.32 Å². The van der Waals surface area contributed by atoms with E-state index in [0.717, 1.165) is 16.9 Å². The Morgan fingerprint density at radius 1 is 1.44 bits per heavy atom. The van der Waals surface area contributed by atoms with E-state index in [2.05, 4.69) is 25.7 Å². The molecule has 0 amide bonds. The summed E-state index contributed by atoms with van der Waals surface area (Å²) in [4.78, 5) is 11.9. The van der Waals surface area contributed by atoms with E-state index in [9.17, 15) is 4.39 Å². The van der Waals surface area contributed by atoms with Crippen LogP contribution < -0.4 is 16.6 Å². The molecule has 0 aliphatic heterocycles. The fourth-order valence-corrected chi connectivity index (χ4v) is 2.18. The molecule has 0 spiro atoms. The van der Waals surface area contributed by atoms with Crippen LogP contribution in [-0.2, 0) is 0 Å². The van der Waals surface area contributed by atoms with Crippen LogP contribution in [0.3, 0.4) is 0 Å². The van der Waals surface area contributed by atoms with E-state index in [1.165, 1.54) is 11.3 Å². The number of nitrogen functional groups attached to an aromatic ring is 1. The van der Waals surface area contributed by atoms with E-state index in [1.807, 2.05) is 19.2 Å². The van der Waals surface area contributed by atoms with Crippen molar-refractivity contribution in [1.82, 2.24) is 15.0 Å². The molecule has 2 heterocycles. The quantitative estimate of drug-likeness (QED) is 0.579. The second-order valence-electron chi connectivity index (χ2n) is 3.73. The number of aromatic nitrogens is 3. The molecule has 0 saturated carbocycles. The lowest BCUT2D eigenvalue weighted by atomic mass is 10.3. The highest BCUT2D eigenvalue weighted by atomic mass is 32.1. The van der Waals surface area contributed by atoms with Gasteiger partial charge >= 0.3 is 0 Å². The average Bonchev–Trinajstić information content (AvgIpc) is 2.79. The molecular formula is C10H13FN6S. The second-order valence-corrected chi connectivity index (χ2v) is 4.62. The van der Waals surface area contributed by atoms with Crippen molar-refractivity contribution in [2.45, 2.75) is 19.9 Å². The second kappa shape index (κ2) is 5.23. The topological polar surface area (TPSA) is 88.8 Å². The Morgan fingerprint density at radius 3 is 2.83 bits per heavy atom. The third-order valence-corrected chi connectivity index (χ3v) is 3.38. The molecule has 0 aromatic carbocycles. The molecule has 8 heteroatoms. The van der Waals surface area contributed by atoms with Crippen LogP contribution in [0.15, 0.2) is 11.6 Å². The third kappa shape index (κ3) is 2.71. The number of hydrazine groups is 1. The third-order valence-electron chi connectivity index (χ3n) is 2.23. The van der Waals surface area contributed by atoms with E-state index in [-0.39, 0.29) is 17.8 Å². The molecule has 96 valence electrons. The summed E-state index contributed by atoms with van der Waals surface area (Å²) in [7, 11) is 0. The van der Waals surface area contributed by atoms with Gasteiger partial charge in [0.25, 0.3) is 0 Å². The number of nitrogens with two attached hydrogens (primary N) is 1. The highest BCUT2D eigenvalue weighted by Gasteiger charge is 2.13. The first-order valence-corrected chi connectivity index (χ1v) is 6.16. The molecule has 1 unspecified atom stereocenters. The van der Waals surface area contributed by atoms with Crippen molar-refractivity contribution in [3.63, 3.8) is 0 Å². The van der Waals surface area contributed by atoms with Crippen LogP contribution in [0.1, 0.15) is 23.7 Å². The molecule has 18 heavy (non-hydrogen) atoms.